The van der Waals surface area contributed by atoms with Crippen molar-refractivity contribution in [3.8, 4) is 0 Å². The highest BCUT2D eigenvalue weighted by molar-refractivity contribution is 7.89. The van der Waals surface area contributed by atoms with Crippen molar-refractivity contribution in [2.24, 2.45) is 0 Å². The molecule has 3 aromatic carbocycles. The van der Waals surface area contributed by atoms with Gasteiger partial charge in [0, 0.05) is 18.1 Å². The van der Waals surface area contributed by atoms with Gasteiger partial charge < -0.3 is 5.32 Å². The first kappa shape index (κ1) is 21.0. The molecule has 150 valence electrons. The largest absolute Gasteiger partial charge is 0.354 e. The number of carbonyl (C=O) groups is 1. The Morgan fingerprint density at radius 2 is 1.31 bits per heavy atom. The molecule has 0 fully saturated rings. The molecule has 0 aliphatic rings. The van der Waals surface area contributed by atoms with Crippen LogP contribution in [0.25, 0.3) is 0 Å². The first-order chi connectivity index (χ1) is 14.0. The summed E-state index contributed by atoms with van der Waals surface area (Å²) in [6.45, 7) is 0.245. The fraction of sp³-hybridized carbons (Fsp3) is 0.136. The van der Waals surface area contributed by atoms with Crippen LogP contribution in [0.2, 0.25) is 5.02 Å². The fourth-order valence-corrected chi connectivity index (χ4v) is 4.11. The van der Waals surface area contributed by atoms with E-state index in [1.165, 1.54) is 24.3 Å². The number of carbonyl (C=O) groups excluding carboxylic acids is 1. The average molecular weight is 429 g/mol. The van der Waals surface area contributed by atoms with E-state index in [0.717, 1.165) is 11.1 Å². The summed E-state index contributed by atoms with van der Waals surface area (Å²) in [5, 5.41) is 3.29. The number of halogens is 1. The number of benzene rings is 3. The minimum Gasteiger partial charge on any atom is -0.354 e. The molecule has 29 heavy (non-hydrogen) atoms. The Labute approximate surface area is 175 Å². The minimum atomic E-state index is -3.66. The van der Waals surface area contributed by atoms with E-state index in [4.69, 9.17) is 11.6 Å². The average Bonchev–Trinajstić information content (AvgIpc) is 2.73. The summed E-state index contributed by atoms with van der Waals surface area (Å²) in [6.07, 6.45) is 0. The molecule has 0 aliphatic carbocycles. The molecular weight excluding hydrogens is 408 g/mol. The molecule has 0 aromatic heterocycles. The quantitative estimate of drug-likeness (QED) is 0.538. The van der Waals surface area contributed by atoms with Gasteiger partial charge in [-0.15, -0.1) is 0 Å². The van der Waals surface area contributed by atoms with Crippen molar-refractivity contribution in [2.75, 3.05) is 13.1 Å². The summed E-state index contributed by atoms with van der Waals surface area (Å²) in [6, 6.07) is 24.9. The Morgan fingerprint density at radius 1 is 0.793 bits per heavy atom. The summed E-state index contributed by atoms with van der Waals surface area (Å²) in [4.78, 5) is 13.0. The van der Waals surface area contributed by atoms with Crippen molar-refractivity contribution in [1.82, 2.24) is 10.0 Å². The zero-order valence-corrected chi connectivity index (χ0v) is 17.2. The highest BCUT2D eigenvalue weighted by atomic mass is 35.5. The minimum absolute atomic E-state index is 0.0764. The summed E-state index contributed by atoms with van der Waals surface area (Å²) >= 11 is 5.79. The predicted molar refractivity (Wildman–Crippen MR) is 114 cm³/mol. The molecule has 0 spiro atoms. The van der Waals surface area contributed by atoms with Gasteiger partial charge in [-0.05, 0) is 35.4 Å². The normalized spacial score (nSPS) is 11.4. The zero-order chi connectivity index (χ0) is 20.7. The van der Waals surface area contributed by atoms with E-state index in [1.54, 1.807) is 0 Å². The zero-order valence-electron chi connectivity index (χ0n) is 15.6. The summed E-state index contributed by atoms with van der Waals surface area (Å²) in [7, 11) is -3.66. The maximum Gasteiger partial charge on any atom is 0.240 e. The van der Waals surface area contributed by atoms with E-state index < -0.39 is 15.9 Å². The van der Waals surface area contributed by atoms with Gasteiger partial charge in [0.05, 0.1) is 10.8 Å². The molecule has 3 aromatic rings. The van der Waals surface area contributed by atoms with Gasteiger partial charge in [-0.1, -0.05) is 72.3 Å². The topological polar surface area (TPSA) is 75.3 Å². The lowest BCUT2D eigenvalue weighted by atomic mass is 9.90. The molecule has 0 aliphatic heterocycles. The number of rotatable bonds is 8. The lowest BCUT2D eigenvalue weighted by Gasteiger charge is -2.18. The third-order valence-corrected chi connectivity index (χ3v) is 6.10. The Bertz CT molecular complexity index is 1000. The van der Waals surface area contributed by atoms with Gasteiger partial charge in [0.2, 0.25) is 15.9 Å². The number of amides is 1. The maximum atomic E-state index is 12.9. The number of nitrogens with one attached hydrogen (secondary N) is 2. The van der Waals surface area contributed by atoms with Gasteiger partial charge >= 0.3 is 0 Å². The van der Waals surface area contributed by atoms with Crippen molar-refractivity contribution < 1.29 is 13.2 Å². The molecule has 0 atom stereocenters. The van der Waals surface area contributed by atoms with Crippen LogP contribution in [0.3, 0.4) is 0 Å². The van der Waals surface area contributed by atoms with Gasteiger partial charge in [-0.2, -0.15) is 0 Å². The van der Waals surface area contributed by atoms with Crippen molar-refractivity contribution in [1.29, 1.82) is 0 Å². The third kappa shape index (κ3) is 5.67. The van der Waals surface area contributed by atoms with E-state index >= 15 is 0 Å². The van der Waals surface area contributed by atoms with Gasteiger partial charge in [-0.3, -0.25) is 4.79 Å². The first-order valence-corrected chi connectivity index (χ1v) is 11.0. The standard InChI is InChI=1S/C22H21ClN2O3S/c23-19-11-13-20(14-12-19)29(27,28)25-16-15-24-22(26)21(17-7-3-1-4-8-17)18-9-5-2-6-10-18/h1-14,21,25H,15-16H2,(H,24,26). The molecule has 3 rings (SSSR count). The van der Waals surface area contributed by atoms with Crippen LogP contribution < -0.4 is 10.0 Å². The van der Waals surface area contributed by atoms with E-state index in [9.17, 15) is 13.2 Å². The Morgan fingerprint density at radius 3 is 1.83 bits per heavy atom. The number of hydrogen-bond acceptors (Lipinski definition) is 3. The van der Waals surface area contributed by atoms with Crippen LogP contribution in [-0.2, 0) is 14.8 Å². The first-order valence-electron chi connectivity index (χ1n) is 9.10. The predicted octanol–water partition coefficient (Wildman–Crippen LogP) is 3.57. The molecule has 0 unspecified atom stereocenters. The van der Waals surface area contributed by atoms with Crippen LogP contribution in [0.1, 0.15) is 17.0 Å². The van der Waals surface area contributed by atoms with Gasteiger partial charge in [0.1, 0.15) is 0 Å². The van der Waals surface area contributed by atoms with E-state index in [-0.39, 0.29) is 23.9 Å². The third-order valence-electron chi connectivity index (χ3n) is 4.37. The summed E-state index contributed by atoms with van der Waals surface area (Å²) in [5.74, 6) is -0.654. The second-order valence-electron chi connectivity index (χ2n) is 6.40. The molecule has 0 radical (unpaired) electrons. The van der Waals surface area contributed by atoms with Gasteiger partial charge in [0.15, 0.2) is 0 Å². The highest BCUT2D eigenvalue weighted by Gasteiger charge is 2.22. The lowest BCUT2D eigenvalue weighted by Crippen LogP contribution is -2.37. The molecule has 1 amide bonds. The summed E-state index contributed by atoms with van der Waals surface area (Å²) < 4.78 is 27.1. The molecule has 5 nitrogen and oxygen atoms in total. The number of hydrogen-bond donors (Lipinski definition) is 2. The SMILES string of the molecule is O=C(NCCNS(=O)(=O)c1ccc(Cl)cc1)C(c1ccccc1)c1ccccc1. The molecule has 0 saturated carbocycles. The molecule has 0 saturated heterocycles. The van der Waals surface area contributed by atoms with Gasteiger partial charge in [0.25, 0.3) is 0 Å². The van der Waals surface area contributed by atoms with Crippen molar-refractivity contribution >= 4 is 27.5 Å². The summed E-state index contributed by atoms with van der Waals surface area (Å²) in [5.41, 5.74) is 1.75. The Balaban J connectivity index is 1.63. The molecule has 0 heterocycles. The molecule has 2 N–H and O–H groups in total. The second-order valence-corrected chi connectivity index (χ2v) is 8.60. The van der Waals surface area contributed by atoms with Crippen LogP contribution in [-0.4, -0.2) is 27.4 Å². The van der Waals surface area contributed by atoms with Crippen LogP contribution >= 0.6 is 11.6 Å². The molecule has 7 heteroatoms. The lowest BCUT2D eigenvalue weighted by molar-refractivity contribution is -0.121. The Kier molecular flexibility index (Phi) is 7.04. The van der Waals surface area contributed by atoms with Crippen LogP contribution in [0.4, 0.5) is 0 Å². The maximum absolute atomic E-state index is 12.9. The monoisotopic (exact) mass is 428 g/mol. The van der Waals surface area contributed by atoms with Gasteiger partial charge in [-0.25, -0.2) is 13.1 Å². The van der Waals surface area contributed by atoms with Crippen molar-refractivity contribution in [2.45, 2.75) is 10.8 Å². The Hall–Kier alpha value is -2.67. The van der Waals surface area contributed by atoms with Crippen molar-refractivity contribution in [3.05, 3.63) is 101 Å². The molecule has 0 bridgehead atoms. The van der Waals surface area contributed by atoms with Crippen LogP contribution in [0.15, 0.2) is 89.8 Å². The molecular formula is C22H21ClN2O3S. The van der Waals surface area contributed by atoms with E-state index in [1.807, 2.05) is 60.7 Å². The van der Waals surface area contributed by atoms with E-state index in [2.05, 4.69) is 10.0 Å². The van der Waals surface area contributed by atoms with Crippen LogP contribution in [0, 0.1) is 0 Å². The smallest absolute Gasteiger partial charge is 0.240 e. The van der Waals surface area contributed by atoms with Crippen LogP contribution in [0.5, 0.6) is 0 Å². The fourth-order valence-electron chi connectivity index (χ4n) is 2.96. The highest BCUT2D eigenvalue weighted by Crippen LogP contribution is 2.24. The van der Waals surface area contributed by atoms with Crippen molar-refractivity contribution in [3.63, 3.8) is 0 Å². The number of sulfonamides is 1. The second kappa shape index (κ2) is 9.69. The van der Waals surface area contributed by atoms with E-state index in [0.29, 0.717) is 5.02 Å².